The Morgan fingerprint density at radius 3 is 2.73 bits per heavy atom. The van der Waals surface area contributed by atoms with Crippen LogP contribution in [0.1, 0.15) is 16.8 Å². The summed E-state index contributed by atoms with van der Waals surface area (Å²) in [6.07, 6.45) is 0.895. The average Bonchev–Trinajstić information content (AvgIpc) is 2.92. The number of phenolic OH excluding ortho intramolecular Hbond substituents is 1. The summed E-state index contributed by atoms with van der Waals surface area (Å²) >= 11 is 0. The molecule has 1 aromatic heterocycles. The van der Waals surface area contributed by atoms with Gasteiger partial charge in [0, 0.05) is 24.0 Å². The molecule has 0 bridgehead atoms. The minimum absolute atomic E-state index is 0.300. The van der Waals surface area contributed by atoms with Crippen molar-refractivity contribution in [2.45, 2.75) is 20.3 Å². The van der Waals surface area contributed by atoms with Crippen LogP contribution in [0.25, 0.3) is 10.9 Å². The van der Waals surface area contributed by atoms with Crippen LogP contribution in [-0.2, 0) is 6.42 Å². The molecule has 2 aromatic carbocycles. The molecule has 4 heteroatoms. The van der Waals surface area contributed by atoms with E-state index in [4.69, 9.17) is 0 Å². The molecule has 1 aliphatic rings. The van der Waals surface area contributed by atoms with Crippen LogP contribution in [0.5, 0.6) is 5.75 Å². The summed E-state index contributed by atoms with van der Waals surface area (Å²) in [5, 5.41) is 19.6. The van der Waals surface area contributed by atoms with E-state index in [0.29, 0.717) is 5.75 Å². The minimum atomic E-state index is 0.300. The lowest BCUT2D eigenvalue weighted by molar-refractivity contribution is 0.475. The Morgan fingerprint density at radius 1 is 1.05 bits per heavy atom. The van der Waals surface area contributed by atoms with Crippen LogP contribution in [0, 0.1) is 13.8 Å². The summed E-state index contributed by atoms with van der Waals surface area (Å²) in [6, 6.07) is 11.8. The maximum absolute atomic E-state index is 9.64. The summed E-state index contributed by atoms with van der Waals surface area (Å²) < 4.78 is 0. The van der Waals surface area contributed by atoms with Crippen molar-refractivity contribution in [2.24, 2.45) is 0 Å². The molecule has 0 spiro atoms. The molecule has 0 aliphatic carbocycles. The monoisotopic (exact) mass is 291 g/mol. The molecule has 0 radical (unpaired) electrons. The van der Waals surface area contributed by atoms with Crippen molar-refractivity contribution >= 4 is 22.3 Å². The summed E-state index contributed by atoms with van der Waals surface area (Å²) in [4.78, 5) is 2.29. The number of hydrogen-bond donors (Lipinski definition) is 1. The molecule has 3 aromatic rings. The van der Waals surface area contributed by atoms with Gasteiger partial charge in [0.2, 0.25) is 0 Å². The fourth-order valence-electron chi connectivity index (χ4n) is 3.28. The molecule has 0 fully saturated rings. The number of phenols is 1. The Bertz CT molecular complexity index is 889. The largest absolute Gasteiger partial charge is 0.508 e. The van der Waals surface area contributed by atoms with E-state index in [9.17, 15) is 5.11 Å². The van der Waals surface area contributed by atoms with E-state index in [2.05, 4.69) is 40.2 Å². The van der Waals surface area contributed by atoms with E-state index in [1.807, 2.05) is 13.0 Å². The number of fused-ring (bicyclic) bond motifs is 3. The number of anilines is 2. The first-order valence-corrected chi connectivity index (χ1v) is 7.47. The molecule has 4 rings (SSSR count). The van der Waals surface area contributed by atoms with Crippen molar-refractivity contribution in [1.29, 1.82) is 0 Å². The van der Waals surface area contributed by atoms with Gasteiger partial charge in [-0.2, -0.15) is 5.10 Å². The first kappa shape index (κ1) is 13.1. The second-order valence-corrected chi connectivity index (χ2v) is 5.84. The van der Waals surface area contributed by atoms with Gasteiger partial charge in [-0.25, -0.2) is 0 Å². The predicted octanol–water partition coefficient (Wildman–Crippen LogP) is 3.65. The van der Waals surface area contributed by atoms with Crippen LogP contribution in [0.4, 0.5) is 11.4 Å². The third kappa shape index (κ3) is 1.84. The number of rotatable bonds is 1. The van der Waals surface area contributed by atoms with Gasteiger partial charge in [-0.15, -0.1) is 5.10 Å². The van der Waals surface area contributed by atoms with Gasteiger partial charge >= 0.3 is 0 Å². The van der Waals surface area contributed by atoms with Crippen molar-refractivity contribution in [3.05, 3.63) is 53.2 Å². The maximum Gasteiger partial charge on any atom is 0.115 e. The van der Waals surface area contributed by atoms with Crippen molar-refractivity contribution in [2.75, 3.05) is 11.4 Å². The second-order valence-electron chi connectivity index (χ2n) is 5.84. The molecule has 0 unspecified atom stereocenters. The number of nitrogens with zero attached hydrogens (tertiary/aromatic N) is 3. The smallest absolute Gasteiger partial charge is 0.115 e. The summed E-state index contributed by atoms with van der Waals surface area (Å²) in [5.41, 5.74) is 6.48. The fourth-order valence-corrected chi connectivity index (χ4v) is 3.28. The molecule has 0 saturated carbocycles. The van der Waals surface area contributed by atoms with Crippen LogP contribution < -0.4 is 4.90 Å². The van der Waals surface area contributed by atoms with E-state index in [0.717, 1.165) is 52.1 Å². The predicted molar refractivity (Wildman–Crippen MR) is 87.8 cm³/mol. The van der Waals surface area contributed by atoms with E-state index < -0.39 is 0 Å². The molecule has 1 N–H and O–H groups in total. The highest BCUT2D eigenvalue weighted by Gasteiger charge is 2.26. The van der Waals surface area contributed by atoms with Crippen molar-refractivity contribution in [3.8, 4) is 5.75 Å². The fraction of sp³-hybridized carbons (Fsp3) is 0.222. The molecule has 0 amide bonds. The number of hydrogen-bond acceptors (Lipinski definition) is 4. The highest BCUT2D eigenvalue weighted by Crippen LogP contribution is 2.40. The molecule has 1 aliphatic heterocycles. The Hall–Kier alpha value is -2.62. The lowest BCUT2D eigenvalue weighted by Crippen LogP contribution is -2.14. The molecule has 0 atom stereocenters. The van der Waals surface area contributed by atoms with Crippen LogP contribution in [0.15, 0.2) is 36.4 Å². The Labute approximate surface area is 129 Å². The summed E-state index contributed by atoms with van der Waals surface area (Å²) in [7, 11) is 0. The second kappa shape index (κ2) is 4.70. The zero-order chi connectivity index (χ0) is 15.3. The van der Waals surface area contributed by atoms with Crippen molar-refractivity contribution in [3.63, 3.8) is 0 Å². The van der Waals surface area contributed by atoms with Gasteiger partial charge in [0.25, 0.3) is 0 Å². The van der Waals surface area contributed by atoms with Crippen LogP contribution >= 0.6 is 0 Å². The third-order valence-electron chi connectivity index (χ3n) is 4.35. The number of benzene rings is 2. The van der Waals surface area contributed by atoms with E-state index in [1.165, 1.54) is 0 Å². The number of aromatic hydroxyl groups is 1. The lowest BCUT2D eigenvalue weighted by atomic mass is 10.1. The van der Waals surface area contributed by atoms with Gasteiger partial charge < -0.3 is 10.0 Å². The van der Waals surface area contributed by atoms with E-state index >= 15 is 0 Å². The first-order valence-electron chi connectivity index (χ1n) is 7.47. The Kier molecular flexibility index (Phi) is 2.79. The topological polar surface area (TPSA) is 49.2 Å². The van der Waals surface area contributed by atoms with Gasteiger partial charge in [0.05, 0.1) is 16.9 Å². The minimum Gasteiger partial charge on any atom is -0.508 e. The van der Waals surface area contributed by atoms with Crippen LogP contribution in [-0.4, -0.2) is 21.8 Å². The SMILES string of the molecule is Cc1cc(O)ccc1N1CCc2nnc3c(C)cccc3c21. The molecule has 2 heterocycles. The zero-order valence-corrected chi connectivity index (χ0v) is 12.7. The van der Waals surface area contributed by atoms with Crippen LogP contribution in [0.2, 0.25) is 0 Å². The quantitative estimate of drug-likeness (QED) is 0.743. The van der Waals surface area contributed by atoms with E-state index in [-0.39, 0.29) is 0 Å². The molecule has 110 valence electrons. The van der Waals surface area contributed by atoms with Crippen LogP contribution in [0.3, 0.4) is 0 Å². The Morgan fingerprint density at radius 2 is 1.91 bits per heavy atom. The average molecular weight is 291 g/mol. The normalized spacial score (nSPS) is 13.6. The third-order valence-corrected chi connectivity index (χ3v) is 4.35. The van der Waals surface area contributed by atoms with Crippen molar-refractivity contribution in [1.82, 2.24) is 10.2 Å². The zero-order valence-electron chi connectivity index (χ0n) is 12.7. The maximum atomic E-state index is 9.64. The molecule has 0 saturated heterocycles. The van der Waals surface area contributed by atoms with Gasteiger partial charge in [-0.3, -0.25) is 0 Å². The van der Waals surface area contributed by atoms with Gasteiger partial charge in [0.1, 0.15) is 5.75 Å². The van der Waals surface area contributed by atoms with Gasteiger partial charge in [-0.05, 0) is 43.2 Å². The van der Waals surface area contributed by atoms with E-state index in [1.54, 1.807) is 12.1 Å². The Balaban J connectivity index is 1.96. The summed E-state index contributed by atoms with van der Waals surface area (Å²) in [5.74, 6) is 0.300. The lowest BCUT2D eigenvalue weighted by Gasteiger charge is -2.23. The molecule has 4 nitrogen and oxygen atoms in total. The van der Waals surface area contributed by atoms with Gasteiger partial charge in [-0.1, -0.05) is 18.2 Å². The van der Waals surface area contributed by atoms with Gasteiger partial charge in [0.15, 0.2) is 0 Å². The molecule has 22 heavy (non-hydrogen) atoms. The summed E-state index contributed by atoms with van der Waals surface area (Å²) in [6.45, 7) is 4.98. The highest BCUT2D eigenvalue weighted by molar-refractivity contribution is 5.97. The molecular formula is C18H17N3O. The standard InChI is InChI=1S/C18H17N3O/c1-11-4-3-5-14-17(11)20-19-15-8-9-21(18(14)15)16-7-6-13(22)10-12(16)2/h3-7,10,22H,8-9H2,1-2H3. The van der Waals surface area contributed by atoms with Crippen molar-refractivity contribution < 1.29 is 5.11 Å². The number of aromatic nitrogens is 2. The highest BCUT2D eigenvalue weighted by atomic mass is 16.3. The number of aryl methyl sites for hydroxylation is 2. The molecular weight excluding hydrogens is 274 g/mol. The first-order chi connectivity index (χ1) is 10.6.